The van der Waals surface area contributed by atoms with Gasteiger partial charge in [-0.1, -0.05) is 90.6 Å². The molecule has 0 radical (unpaired) electrons. The summed E-state index contributed by atoms with van der Waals surface area (Å²) in [4.78, 5) is 28.6. The molecule has 34 heavy (non-hydrogen) atoms. The second-order valence-corrected chi connectivity index (χ2v) is 10.0. The molecule has 4 atom stereocenters. The Hall–Kier alpha value is -3.15. The Bertz CT molecular complexity index is 1170. The van der Waals surface area contributed by atoms with Crippen LogP contribution in [0.4, 0.5) is 0 Å². The molecule has 0 saturated heterocycles. The number of aliphatic hydroxyl groups is 1. The molecule has 5 rings (SSSR count). The van der Waals surface area contributed by atoms with Gasteiger partial charge in [-0.25, -0.2) is 4.79 Å². The van der Waals surface area contributed by atoms with Gasteiger partial charge < -0.3 is 9.84 Å². The van der Waals surface area contributed by atoms with Gasteiger partial charge in [0.2, 0.25) is 0 Å². The van der Waals surface area contributed by atoms with Crippen LogP contribution in [0.2, 0.25) is 0 Å². The van der Waals surface area contributed by atoms with Gasteiger partial charge in [0, 0.05) is 15.7 Å². The summed E-state index contributed by atoms with van der Waals surface area (Å²) in [6, 6.07) is 29.1. The van der Waals surface area contributed by atoms with Crippen molar-refractivity contribution < 1.29 is 19.4 Å². The highest BCUT2D eigenvalue weighted by Crippen LogP contribution is 2.56. The molecule has 0 aliphatic heterocycles. The van der Waals surface area contributed by atoms with E-state index in [1.165, 1.54) is 11.8 Å². The molecule has 0 bridgehead atoms. The van der Waals surface area contributed by atoms with Gasteiger partial charge in [0.15, 0.2) is 6.10 Å². The van der Waals surface area contributed by atoms with Crippen molar-refractivity contribution in [3.8, 4) is 0 Å². The number of esters is 1. The third-order valence-corrected chi connectivity index (χ3v) is 7.85. The number of carbonyl (C=O) groups excluding carboxylic acids is 2. The van der Waals surface area contributed by atoms with Crippen LogP contribution in [0.3, 0.4) is 0 Å². The van der Waals surface area contributed by atoms with Crippen molar-refractivity contribution in [1.82, 2.24) is 0 Å². The van der Waals surface area contributed by atoms with Crippen LogP contribution in [0.5, 0.6) is 0 Å². The summed E-state index contributed by atoms with van der Waals surface area (Å²) in [5.41, 5.74) is 2.20. The van der Waals surface area contributed by atoms with Crippen LogP contribution in [0.1, 0.15) is 30.6 Å². The predicted octanol–water partition coefficient (Wildman–Crippen LogP) is 5.58. The van der Waals surface area contributed by atoms with E-state index in [-0.39, 0.29) is 11.7 Å². The van der Waals surface area contributed by atoms with Gasteiger partial charge >= 0.3 is 5.97 Å². The number of allylic oxidation sites excluding steroid dienone is 1. The number of benzene rings is 3. The molecule has 2 aliphatic carbocycles. The maximum Gasteiger partial charge on any atom is 0.336 e. The molecule has 1 fully saturated rings. The molecule has 0 heterocycles. The molecule has 4 nitrogen and oxygen atoms in total. The summed E-state index contributed by atoms with van der Waals surface area (Å²) >= 11 is 1.51. The minimum Gasteiger partial charge on any atom is -0.449 e. The fourth-order valence-electron chi connectivity index (χ4n) is 5.14. The van der Waals surface area contributed by atoms with Gasteiger partial charge in [-0.2, -0.15) is 0 Å². The van der Waals surface area contributed by atoms with Gasteiger partial charge in [0.25, 0.3) is 0 Å². The summed E-state index contributed by atoms with van der Waals surface area (Å²) in [7, 11) is 0. The average molecular weight is 471 g/mol. The highest BCUT2D eigenvalue weighted by Gasteiger charge is 2.59. The van der Waals surface area contributed by atoms with Gasteiger partial charge in [0.05, 0.1) is 17.6 Å². The Morgan fingerprint density at radius 3 is 1.97 bits per heavy atom. The predicted molar refractivity (Wildman–Crippen MR) is 132 cm³/mol. The minimum atomic E-state index is -0.728. The first-order chi connectivity index (χ1) is 16.5. The summed E-state index contributed by atoms with van der Waals surface area (Å²) in [5, 5.41) is 10.2. The third kappa shape index (κ3) is 4.22. The van der Waals surface area contributed by atoms with E-state index in [4.69, 9.17) is 4.74 Å². The highest BCUT2D eigenvalue weighted by atomic mass is 32.2. The molecule has 0 spiro atoms. The number of rotatable bonds is 7. The van der Waals surface area contributed by atoms with Crippen molar-refractivity contribution >= 4 is 23.5 Å². The standard InChI is InChI=1S/C29H26O4S/c1-18(30)24-22-17-23(34-21-15-9-4-10-16-21)26(25(22)27(24)31)29(32)33-28(19-11-5-2-6-12-19)20-13-7-3-8-14-20/h2-16,18,22,24-25,28,30H,17H2,1H3. The first-order valence-corrected chi connectivity index (χ1v) is 12.3. The smallest absolute Gasteiger partial charge is 0.336 e. The summed E-state index contributed by atoms with van der Waals surface area (Å²) in [5.74, 6) is -1.52. The maximum absolute atomic E-state index is 13.7. The lowest BCUT2D eigenvalue weighted by Gasteiger charge is -2.41. The lowest BCUT2D eigenvalue weighted by atomic mass is 9.61. The molecule has 3 aromatic carbocycles. The highest BCUT2D eigenvalue weighted by molar-refractivity contribution is 8.03. The van der Waals surface area contributed by atoms with Crippen LogP contribution in [0, 0.1) is 17.8 Å². The number of thioether (sulfide) groups is 1. The second kappa shape index (κ2) is 9.61. The lowest BCUT2D eigenvalue weighted by molar-refractivity contribution is -0.152. The topological polar surface area (TPSA) is 63.6 Å². The molecule has 2 aliphatic rings. The molecule has 3 aromatic rings. The van der Waals surface area contributed by atoms with Gasteiger partial charge in [0.1, 0.15) is 5.78 Å². The largest absolute Gasteiger partial charge is 0.449 e. The Balaban J connectivity index is 1.49. The Labute approximate surface area is 203 Å². The monoisotopic (exact) mass is 470 g/mol. The Morgan fingerprint density at radius 2 is 1.44 bits per heavy atom. The van der Waals surface area contributed by atoms with Crippen LogP contribution < -0.4 is 0 Å². The van der Waals surface area contributed by atoms with E-state index in [0.29, 0.717) is 12.0 Å². The van der Waals surface area contributed by atoms with E-state index >= 15 is 0 Å². The average Bonchev–Trinajstić information content (AvgIpc) is 3.17. The molecule has 172 valence electrons. The van der Waals surface area contributed by atoms with E-state index in [2.05, 4.69) is 0 Å². The summed E-state index contributed by atoms with van der Waals surface area (Å²) in [6.07, 6.45) is -0.710. The first-order valence-electron chi connectivity index (χ1n) is 11.5. The zero-order valence-corrected chi connectivity index (χ0v) is 19.7. The lowest BCUT2D eigenvalue weighted by Crippen LogP contribution is -2.51. The van der Waals surface area contributed by atoms with Crippen LogP contribution in [0.15, 0.2) is 106 Å². The van der Waals surface area contributed by atoms with Gasteiger partial charge in [-0.3, -0.25) is 4.79 Å². The third-order valence-electron chi connectivity index (χ3n) is 6.71. The van der Waals surface area contributed by atoms with Crippen molar-refractivity contribution in [3.05, 3.63) is 113 Å². The normalized spacial score (nSPS) is 22.3. The molecule has 0 aromatic heterocycles. The van der Waals surface area contributed by atoms with Gasteiger partial charge in [-0.15, -0.1) is 0 Å². The zero-order valence-electron chi connectivity index (χ0n) is 18.8. The quantitative estimate of drug-likeness (QED) is 0.457. The Morgan fingerprint density at radius 1 is 0.912 bits per heavy atom. The molecule has 4 unspecified atom stereocenters. The van der Waals surface area contributed by atoms with Crippen molar-refractivity contribution in [3.63, 3.8) is 0 Å². The minimum absolute atomic E-state index is 0.0619. The summed E-state index contributed by atoms with van der Waals surface area (Å²) in [6.45, 7) is 1.65. The number of hydrogen-bond acceptors (Lipinski definition) is 5. The summed E-state index contributed by atoms with van der Waals surface area (Å²) < 4.78 is 6.15. The first kappa shape index (κ1) is 22.6. The Kier molecular flexibility index (Phi) is 6.40. The molecule has 0 amide bonds. The molecular weight excluding hydrogens is 444 g/mol. The number of ketones is 1. The zero-order chi connectivity index (χ0) is 23.7. The number of hydrogen-bond donors (Lipinski definition) is 1. The van der Waals surface area contributed by atoms with Crippen LogP contribution in [0.25, 0.3) is 0 Å². The fourth-order valence-corrected chi connectivity index (χ4v) is 6.31. The van der Waals surface area contributed by atoms with E-state index in [1.807, 2.05) is 91.0 Å². The van der Waals surface area contributed by atoms with Gasteiger partial charge in [-0.05, 0) is 42.5 Å². The number of aliphatic hydroxyl groups excluding tert-OH is 1. The SMILES string of the molecule is CC(O)C1C(=O)C2C(C(=O)OC(c3ccccc3)c3ccccc3)=C(Sc3ccccc3)CC21. The van der Waals surface area contributed by atoms with E-state index in [0.717, 1.165) is 20.9 Å². The van der Waals surface area contributed by atoms with E-state index in [9.17, 15) is 14.7 Å². The number of fused-ring (bicyclic) bond motifs is 1. The molecule has 1 saturated carbocycles. The number of Topliss-reactive ketones (excluding diaryl/α,β-unsaturated/α-hetero) is 1. The van der Waals surface area contributed by atoms with Crippen molar-refractivity contribution in [1.29, 1.82) is 0 Å². The number of carbonyl (C=O) groups is 2. The van der Waals surface area contributed by atoms with Crippen LogP contribution in [-0.2, 0) is 14.3 Å². The van der Waals surface area contributed by atoms with Crippen molar-refractivity contribution in [2.45, 2.75) is 30.4 Å². The van der Waals surface area contributed by atoms with Crippen molar-refractivity contribution in [2.24, 2.45) is 17.8 Å². The molecular formula is C29H26O4S. The molecule has 1 N–H and O–H groups in total. The van der Waals surface area contributed by atoms with Crippen LogP contribution in [-0.4, -0.2) is 23.0 Å². The number of ether oxygens (including phenoxy) is 1. The van der Waals surface area contributed by atoms with Crippen LogP contribution >= 0.6 is 11.8 Å². The second-order valence-electron chi connectivity index (χ2n) is 8.87. The van der Waals surface area contributed by atoms with E-state index in [1.54, 1.807) is 6.92 Å². The fraction of sp³-hybridized carbons (Fsp3) is 0.241. The molecule has 5 heteroatoms. The maximum atomic E-state index is 13.7. The van der Waals surface area contributed by atoms with E-state index < -0.39 is 30.0 Å². The van der Waals surface area contributed by atoms with Crippen molar-refractivity contribution in [2.75, 3.05) is 0 Å².